The van der Waals surface area contributed by atoms with E-state index in [2.05, 4.69) is 5.32 Å². The third-order valence-electron chi connectivity index (χ3n) is 2.61. The molecule has 0 radical (unpaired) electrons. The van der Waals surface area contributed by atoms with E-state index in [0.29, 0.717) is 6.42 Å². The molecule has 0 heterocycles. The summed E-state index contributed by atoms with van der Waals surface area (Å²) in [6.45, 7) is 1.69. The van der Waals surface area contributed by atoms with Gasteiger partial charge in [0.05, 0.1) is 11.6 Å². The van der Waals surface area contributed by atoms with Gasteiger partial charge in [-0.2, -0.15) is 13.2 Å². The van der Waals surface area contributed by atoms with E-state index in [-0.39, 0.29) is 12.1 Å². The van der Waals surface area contributed by atoms with Crippen LogP contribution in [-0.2, 0) is 17.5 Å². The quantitative estimate of drug-likeness (QED) is 0.851. The summed E-state index contributed by atoms with van der Waals surface area (Å²) in [6.07, 6.45) is -3.96. The van der Waals surface area contributed by atoms with E-state index in [1.54, 1.807) is 6.92 Å². The fourth-order valence-corrected chi connectivity index (χ4v) is 1.63. The standard InChI is InChI=1S/C12H15F3N2O/c1-2-10(11(16)18)17-7-8-5-3-4-6-9(8)12(13,14)15/h3-6,10,17H,2,7H2,1H3,(H2,16,18). The van der Waals surface area contributed by atoms with Gasteiger partial charge in [0.15, 0.2) is 0 Å². The van der Waals surface area contributed by atoms with Crippen molar-refractivity contribution >= 4 is 5.91 Å². The van der Waals surface area contributed by atoms with Crippen LogP contribution in [0, 0.1) is 0 Å². The summed E-state index contributed by atoms with van der Waals surface area (Å²) >= 11 is 0. The third-order valence-corrected chi connectivity index (χ3v) is 2.61. The Balaban J connectivity index is 2.82. The number of primary amides is 1. The predicted octanol–water partition coefficient (Wildman–Crippen LogP) is 2.06. The van der Waals surface area contributed by atoms with E-state index >= 15 is 0 Å². The maximum Gasteiger partial charge on any atom is 0.416 e. The van der Waals surface area contributed by atoms with Crippen LogP contribution in [0.1, 0.15) is 24.5 Å². The number of benzene rings is 1. The van der Waals surface area contributed by atoms with Crippen molar-refractivity contribution < 1.29 is 18.0 Å². The van der Waals surface area contributed by atoms with Crippen molar-refractivity contribution in [1.29, 1.82) is 0 Å². The SMILES string of the molecule is CCC(NCc1ccccc1C(F)(F)F)C(N)=O. The highest BCUT2D eigenvalue weighted by Gasteiger charge is 2.32. The predicted molar refractivity (Wildman–Crippen MR) is 61.6 cm³/mol. The Labute approximate surface area is 103 Å². The lowest BCUT2D eigenvalue weighted by atomic mass is 10.1. The Kier molecular flexibility index (Phi) is 4.72. The third kappa shape index (κ3) is 3.73. The van der Waals surface area contributed by atoms with Crippen LogP contribution in [0.25, 0.3) is 0 Å². The van der Waals surface area contributed by atoms with Crippen molar-refractivity contribution in [1.82, 2.24) is 5.32 Å². The van der Waals surface area contributed by atoms with E-state index in [1.807, 2.05) is 0 Å². The molecule has 3 N–H and O–H groups in total. The first-order valence-corrected chi connectivity index (χ1v) is 5.54. The molecule has 1 unspecified atom stereocenters. The number of nitrogens with one attached hydrogen (secondary N) is 1. The second-order valence-corrected chi connectivity index (χ2v) is 3.90. The molecule has 1 aromatic carbocycles. The topological polar surface area (TPSA) is 55.1 Å². The zero-order valence-electron chi connectivity index (χ0n) is 9.92. The lowest BCUT2D eigenvalue weighted by Crippen LogP contribution is -2.40. The molecule has 0 aliphatic rings. The highest BCUT2D eigenvalue weighted by Crippen LogP contribution is 2.31. The lowest BCUT2D eigenvalue weighted by molar-refractivity contribution is -0.138. The van der Waals surface area contributed by atoms with Gasteiger partial charge in [0.2, 0.25) is 5.91 Å². The van der Waals surface area contributed by atoms with Gasteiger partial charge in [-0.1, -0.05) is 25.1 Å². The normalized spacial score (nSPS) is 13.3. The van der Waals surface area contributed by atoms with Crippen LogP contribution in [-0.4, -0.2) is 11.9 Å². The molecule has 100 valence electrons. The summed E-state index contributed by atoms with van der Waals surface area (Å²) in [4.78, 5) is 11.0. The van der Waals surface area contributed by atoms with Gasteiger partial charge in [-0.15, -0.1) is 0 Å². The number of rotatable bonds is 5. The van der Waals surface area contributed by atoms with E-state index in [9.17, 15) is 18.0 Å². The molecule has 0 saturated carbocycles. The molecule has 0 saturated heterocycles. The molecule has 0 aromatic heterocycles. The highest BCUT2D eigenvalue weighted by atomic mass is 19.4. The van der Waals surface area contributed by atoms with Crippen LogP contribution in [0.4, 0.5) is 13.2 Å². The molecular formula is C12H15F3N2O. The minimum absolute atomic E-state index is 0.0445. The molecule has 0 aliphatic heterocycles. The van der Waals surface area contributed by atoms with Crippen LogP contribution in [0.3, 0.4) is 0 Å². The van der Waals surface area contributed by atoms with Crippen molar-refractivity contribution in [2.24, 2.45) is 5.73 Å². The van der Waals surface area contributed by atoms with Gasteiger partial charge in [-0.3, -0.25) is 4.79 Å². The molecular weight excluding hydrogens is 245 g/mol. The Bertz CT molecular complexity index is 418. The van der Waals surface area contributed by atoms with E-state index in [1.165, 1.54) is 18.2 Å². The molecule has 0 fully saturated rings. The highest BCUT2D eigenvalue weighted by molar-refractivity contribution is 5.79. The Morgan fingerprint density at radius 1 is 1.39 bits per heavy atom. The average Bonchev–Trinajstić information content (AvgIpc) is 2.28. The minimum Gasteiger partial charge on any atom is -0.368 e. The number of hydrogen-bond donors (Lipinski definition) is 2. The van der Waals surface area contributed by atoms with E-state index in [4.69, 9.17) is 5.73 Å². The number of nitrogens with two attached hydrogens (primary N) is 1. The molecule has 1 rings (SSSR count). The minimum atomic E-state index is -4.40. The number of alkyl halides is 3. The second kappa shape index (κ2) is 5.86. The molecule has 1 amide bonds. The Morgan fingerprint density at radius 2 is 2.00 bits per heavy atom. The van der Waals surface area contributed by atoms with Gasteiger partial charge < -0.3 is 11.1 Å². The second-order valence-electron chi connectivity index (χ2n) is 3.90. The van der Waals surface area contributed by atoms with Crippen molar-refractivity contribution in [3.8, 4) is 0 Å². The number of carbonyl (C=O) groups excluding carboxylic acids is 1. The van der Waals surface area contributed by atoms with Gasteiger partial charge in [0, 0.05) is 6.54 Å². The van der Waals surface area contributed by atoms with Gasteiger partial charge in [0.25, 0.3) is 0 Å². The summed E-state index contributed by atoms with van der Waals surface area (Å²) in [5, 5.41) is 2.72. The summed E-state index contributed by atoms with van der Waals surface area (Å²) in [5.41, 5.74) is 4.52. The molecule has 0 bridgehead atoms. The smallest absolute Gasteiger partial charge is 0.368 e. The van der Waals surface area contributed by atoms with Crippen LogP contribution < -0.4 is 11.1 Å². The van der Waals surface area contributed by atoms with E-state index in [0.717, 1.165) is 6.07 Å². The first-order valence-electron chi connectivity index (χ1n) is 5.54. The maximum absolute atomic E-state index is 12.7. The zero-order chi connectivity index (χ0) is 13.8. The fraction of sp³-hybridized carbons (Fsp3) is 0.417. The number of halogens is 3. The van der Waals surface area contributed by atoms with Crippen molar-refractivity contribution in [3.63, 3.8) is 0 Å². The summed E-state index contributed by atoms with van der Waals surface area (Å²) < 4.78 is 38.1. The van der Waals surface area contributed by atoms with Gasteiger partial charge >= 0.3 is 6.18 Å². The summed E-state index contributed by atoms with van der Waals surface area (Å²) in [7, 11) is 0. The average molecular weight is 260 g/mol. The van der Waals surface area contributed by atoms with Crippen LogP contribution >= 0.6 is 0 Å². The Morgan fingerprint density at radius 3 is 2.50 bits per heavy atom. The molecule has 1 atom stereocenters. The largest absolute Gasteiger partial charge is 0.416 e. The maximum atomic E-state index is 12.7. The van der Waals surface area contributed by atoms with Crippen LogP contribution in [0.2, 0.25) is 0 Å². The van der Waals surface area contributed by atoms with Crippen molar-refractivity contribution in [2.75, 3.05) is 0 Å². The monoisotopic (exact) mass is 260 g/mol. The zero-order valence-corrected chi connectivity index (χ0v) is 9.92. The van der Waals surface area contributed by atoms with Gasteiger partial charge in [-0.25, -0.2) is 0 Å². The molecule has 6 heteroatoms. The number of carbonyl (C=O) groups is 1. The molecule has 0 spiro atoms. The fourth-order valence-electron chi connectivity index (χ4n) is 1.63. The van der Waals surface area contributed by atoms with Crippen LogP contribution in [0.5, 0.6) is 0 Å². The summed E-state index contributed by atoms with van der Waals surface area (Å²) in [6, 6.07) is 4.63. The van der Waals surface area contributed by atoms with Crippen molar-refractivity contribution in [3.05, 3.63) is 35.4 Å². The number of hydrogen-bond acceptors (Lipinski definition) is 2. The first kappa shape index (κ1) is 14.5. The molecule has 18 heavy (non-hydrogen) atoms. The summed E-state index contributed by atoms with van der Waals surface area (Å²) in [5.74, 6) is -0.568. The van der Waals surface area contributed by atoms with Crippen molar-refractivity contribution in [2.45, 2.75) is 32.1 Å². The number of amides is 1. The van der Waals surface area contributed by atoms with E-state index < -0.39 is 23.7 Å². The molecule has 3 nitrogen and oxygen atoms in total. The van der Waals surface area contributed by atoms with Gasteiger partial charge in [-0.05, 0) is 18.1 Å². The molecule has 0 aliphatic carbocycles. The van der Waals surface area contributed by atoms with Crippen LogP contribution in [0.15, 0.2) is 24.3 Å². The lowest BCUT2D eigenvalue weighted by Gasteiger charge is -2.16. The van der Waals surface area contributed by atoms with Gasteiger partial charge in [0.1, 0.15) is 0 Å². The molecule has 1 aromatic rings. The Hall–Kier alpha value is -1.56. The first-order chi connectivity index (χ1) is 8.36.